The Morgan fingerprint density at radius 3 is 2.67 bits per heavy atom. The van der Waals surface area contributed by atoms with Crippen LogP contribution in [0.2, 0.25) is 0 Å². The van der Waals surface area contributed by atoms with E-state index < -0.39 is 0 Å². The van der Waals surface area contributed by atoms with Gasteiger partial charge in [0.2, 0.25) is 0 Å². The summed E-state index contributed by atoms with van der Waals surface area (Å²) in [7, 11) is 3.52. The van der Waals surface area contributed by atoms with Crippen molar-refractivity contribution in [1.29, 1.82) is 0 Å². The molecule has 0 fully saturated rings. The fourth-order valence-electron chi connectivity index (χ4n) is 1.38. The van der Waals surface area contributed by atoms with Gasteiger partial charge < -0.3 is 4.74 Å². The molecule has 0 aliphatic rings. The van der Waals surface area contributed by atoms with Crippen LogP contribution >= 0.6 is 0 Å². The van der Waals surface area contributed by atoms with E-state index in [9.17, 15) is 0 Å². The third-order valence-corrected chi connectivity index (χ3v) is 2.16. The van der Waals surface area contributed by atoms with Crippen molar-refractivity contribution in [1.82, 2.24) is 14.8 Å². The minimum atomic E-state index is 0.482. The average molecular weight is 203 g/mol. The van der Waals surface area contributed by atoms with Gasteiger partial charge in [0.1, 0.15) is 6.61 Å². The lowest BCUT2D eigenvalue weighted by molar-refractivity contribution is 0.174. The van der Waals surface area contributed by atoms with E-state index in [1.54, 1.807) is 11.8 Å². The highest BCUT2D eigenvalue weighted by Crippen LogP contribution is 2.14. The van der Waals surface area contributed by atoms with Gasteiger partial charge in [-0.2, -0.15) is 5.10 Å². The Bertz CT molecular complexity index is 436. The summed E-state index contributed by atoms with van der Waals surface area (Å²) < 4.78 is 6.78. The van der Waals surface area contributed by atoms with Crippen LogP contribution in [0.1, 0.15) is 5.82 Å². The number of methoxy groups -OCH3 is 1. The van der Waals surface area contributed by atoms with Crippen molar-refractivity contribution in [3.05, 3.63) is 36.2 Å². The van der Waals surface area contributed by atoms with Crippen molar-refractivity contribution >= 4 is 0 Å². The standard InChI is InChI=1S/C11H13N3O/c1-14-10(8-15-2)12-11(13-14)9-6-4-3-5-7-9/h3-7H,8H2,1-2H3. The molecule has 1 aromatic carbocycles. The van der Waals surface area contributed by atoms with Gasteiger partial charge in [0.15, 0.2) is 11.6 Å². The summed E-state index contributed by atoms with van der Waals surface area (Å²) in [6.07, 6.45) is 0. The van der Waals surface area contributed by atoms with Gasteiger partial charge in [-0.3, -0.25) is 4.68 Å². The molecule has 0 unspecified atom stereocenters. The van der Waals surface area contributed by atoms with Crippen LogP contribution in [-0.2, 0) is 18.4 Å². The molecule has 15 heavy (non-hydrogen) atoms. The lowest BCUT2D eigenvalue weighted by atomic mass is 10.2. The molecule has 1 aromatic heterocycles. The molecule has 0 saturated carbocycles. The molecule has 0 aliphatic carbocycles. The molecule has 0 atom stereocenters. The quantitative estimate of drug-likeness (QED) is 0.761. The second kappa shape index (κ2) is 4.23. The summed E-state index contributed by atoms with van der Waals surface area (Å²) in [6, 6.07) is 9.91. The van der Waals surface area contributed by atoms with Crippen LogP contribution in [0.3, 0.4) is 0 Å². The normalized spacial score (nSPS) is 10.5. The molecule has 4 nitrogen and oxygen atoms in total. The highest BCUT2D eigenvalue weighted by Gasteiger charge is 2.07. The zero-order valence-corrected chi connectivity index (χ0v) is 8.84. The first-order valence-electron chi connectivity index (χ1n) is 4.75. The molecule has 0 saturated heterocycles. The second-order valence-corrected chi connectivity index (χ2v) is 3.27. The van der Waals surface area contributed by atoms with E-state index in [4.69, 9.17) is 4.74 Å². The molecule has 2 aromatic rings. The van der Waals surface area contributed by atoms with Crippen molar-refractivity contribution in [2.45, 2.75) is 6.61 Å². The minimum Gasteiger partial charge on any atom is -0.377 e. The molecular weight excluding hydrogens is 190 g/mol. The fourth-order valence-corrected chi connectivity index (χ4v) is 1.38. The molecule has 1 heterocycles. The Balaban J connectivity index is 2.34. The van der Waals surface area contributed by atoms with E-state index in [1.807, 2.05) is 37.4 Å². The second-order valence-electron chi connectivity index (χ2n) is 3.27. The van der Waals surface area contributed by atoms with Crippen molar-refractivity contribution < 1.29 is 4.74 Å². The predicted octanol–water partition coefficient (Wildman–Crippen LogP) is 1.63. The summed E-state index contributed by atoms with van der Waals surface area (Å²) in [5.41, 5.74) is 1.02. The van der Waals surface area contributed by atoms with Gasteiger partial charge in [0.25, 0.3) is 0 Å². The topological polar surface area (TPSA) is 39.9 Å². The van der Waals surface area contributed by atoms with E-state index in [2.05, 4.69) is 10.1 Å². The van der Waals surface area contributed by atoms with Gasteiger partial charge in [-0.15, -0.1) is 0 Å². The van der Waals surface area contributed by atoms with Gasteiger partial charge >= 0.3 is 0 Å². The molecule has 0 aliphatic heterocycles. The van der Waals surface area contributed by atoms with Gasteiger partial charge in [-0.1, -0.05) is 30.3 Å². The molecule has 0 bridgehead atoms. The van der Waals surface area contributed by atoms with Crippen LogP contribution in [0, 0.1) is 0 Å². The first-order chi connectivity index (χ1) is 7.31. The average Bonchev–Trinajstić information content (AvgIpc) is 2.63. The van der Waals surface area contributed by atoms with Crippen LogP contribution < -0.4 is 0 Å². The van der Waals surface area contributed by atoms with E-state index >= 15 is 0 Å². The highest BCUT2D eigenvalue weighted by molar-refractivity contribution is 5.53. The Kier molecular flexibility index (Phi) is 2.78. The smallest absolute Gasteiger partial charge is 0.181 e. The molecule has 0 spiro atoms. The maximum Gasteiger partial charge on any atom is 0.181 e. The zero-order valence-electron chi connectivity index (χ0n) is 8.84. The SMILES string of the molecule is COCc1nc(-c2ccccc2)nn1C. The number of benzene rings is 1. The lowest BCUT2D eigenvalue weighted by Gasteiger charge is -1.94. The number of aromatic nitrogens is 3. The predicted molar refractivity (Wildman–Crippen MR) is 57.2 cm³/mol. The molecule has 2 rings (SSSR count). The summed E-state index contributed by atoms with van der Waals surface area (Å²) in [4.78, 5) is 4.40. The number of ether oxygens (including phenoxy) is 1. The monoisotopic (exact) mass is 203 g/mol. The third-order valence-electron chi connectivity index (χ3n) is 2.16. The van der Waals surface area contributed by atoms with E-state index in [1.165, 1.54) is 0 Å². The summed E-state index contributed by atoms with van der Waals surface area (Å²) in [5.74, 6) is 1.57. The van der Waals surface area contributed by atoms with Crippen molar-refractivity contribution in [3.63, 3.8) is 0 Å². The fraction of sp³-hybridized carbons (Fsp3) is 0.273. The Labute approximate surface area is 88.5 Å². The summed E-state index contributed by atoms with van der Waals surface area (Å²) in [5, 5.41) is 4.33. The number of rotatable bonds is 3. The summed E-state index contributed by atoms with van der Waals surface area (Å²) in [6.45, 7) is 0.482. The van der Waals surface area contributed by atoms with Gasteiger partial charge in [0.05, 0.1) is 0 Å². The maximum atomic E-state index is 5.03. The van der Waals surface area contributed by atoms with Gasteiger partial charge in [-0.25, -0.2) is 4.98 Å². The van der Waals surface area contributed by atoms with Gasteiger partial charge in [0, 0.05) is 19.7 Å². The van der Waals surface area contributed by atoms with E-state index in [-0.39, 0.29) is 0 Å². The van der Waals surface area contributed by atoms with Crippen LogP contribution in [0.25, 0.3) is 11.4 Å². The molecule has 0 radical (unpaired) electrons. The largest absolute Gasteiger partial charge is 0.377 e. The maximum absolute atomic E-state index is 5.03. The van der Waals surface area contributed by atoms with Crippen LogP contribution in [0.5, 0.6) is 0 Å². The number of hydrogen-bond acceptors (Lipinski definition) is 3. The molecule has 78 valence electrons. The number of hydrogen-bond donors (Lipinski definition) is 0. The summed E-state index contributed by atoms with van der Waals surface area (Å²) >= 11 is 0. The zero-order chi connectivity index (χ0) is 10.7. The van der Waals surface area contributed by atoms with E-state index in [0.29, 0.717) is 6.61 Å². The van der Waals surface area contributed by atoms with Crippen molar-refractivity contribution in [3.8, 4) is 11.4 Å². The van der Waals surface area contributed by atoms with Crippen molar-refractivity contribution in [2.24, 2.45) is 7.05 Å². The molecule has 0 N–H and O–H groups in total. The number of nitrogens with zero attached hydrogens (tertiary/aromatic N) is 3. The van der Waals surface area contributed by atoms with Gasteiger partial charge in [-0.05, 0) is 0 Å². The lowest BCUT2D eigenvalue weighted by Crippen LogP contribution is -2.00. The first kappa shape index (κ1) is 9.86. The Hall–Kier alpha value is -1.68. The van der Waals surface area contributed by atoms with Crippen molar-refractivity contribution in [2.75, 3.05) is 7.11 Å². The molecule has 0 amide bonds. The van der Waals surface area contributed by atoms with Crippen LogP contribution in [0.15, 0.2) is 30.3 Å². The van der Waals surface area contributed by atoms with Crippen LogP contribution in [-0.4, -0.2) is 21.9 Å². The first-order valence-corrected chi connectivity index (χ1v) is 4.75. The Morgan fingerprint density at radius 2 is 2.00 bits per heavy atom. The number of aryl methyl sites for hydroxylation is 1. The van der Waals surface area contributed by atoms with E-state index in [0.717, 1.165) is 17.2 Å². The Morgan fingerprint density at radius 1 is 1.27 bits per heavy atom. The third kappa shape index (κ3) is 2.05. The molecule has 4 heteroatoms. The minimum absolute atomic E-state index is 0.482. The highest BCUT2D eigenvalue weighted by atomic mass is 16.5. The molecular formula is C11H13N3O. The van der Waals surface area contributed by atoms with Crippen LogP contribution in [0.4, 0.5) is 0 Å².